The Balaban J connectivity index is 1.55. The zero-order chi connectivity index (χ0) is 27.2. The van der Waals surface area contributed by atoms with Gasteiger partial charge in [0.25, 0.3) is 0 Å². The molecule has 2 unspecified atom stereocenters. The molecule has 198 valence electrons. The second-order valence-electron chi connectivity index (χ2n) is 8.14. The maximum absolute atomic E-state index is 12.9. The lowest BCUT2D eigenvalue weighted by atomic mass is 10.1. The van der Waals surface area contributed by atoms with Gasteiger partial charge in [0.2, 0.25) is 0 Å². The molecule has 0 amide bonds. The summed E-state index contributed by atoms with van der Waals surface area (Å²) < 4.78 is 28.0. The van der Waals surface area contributed by atoms with Crippen molar-refractivity contribution >= 4 is 52.7 Å². The first-order chi connectivity index (χ1) is 18.2. The summed E-state index contributed by atoms with van der Waals surface area (Å²) >= 11 is 17.7. The lowest BCUT2D eigenvalue weighted by Crippen LogP contribution is -2.42. The van der Waals surface area contributed by atoms with E-state index in [4.69, 9.17) is 58.5 Å². The number of carbonyl (C=O) groups is 3. The molecule has 4 atom stereocenters. The number of hydrogen-bond donors (Lipinski definition) is 0. The number of carbonyl (C=O) groups excluding carboxylic acids is 3. The van der Waals surface area contributed by atoms with Crippen molar-refractivity contribution in [3.05, 3.63) is 105 Å². The average Bonchev–Trinajstić information content (AvgIpc) is 3.24. The van der Waals surface area contributed by atoms with E-state index < -0.39 is 42.5 Å². The number of methoxy groups -OCH3 is 1. The van der Waals surface area contributed by atoms with Gasteiger partial charge in [-0.05, 0) is 72.8 Å². The van der Waals surface area contributed by atoms with Crippen LogP contribution in [0, 0.1) is 0 Å². The van der Waals surface area contributed by atoms with E-state index in [9.17, 15) is 14.4 Å². The first-order valence-electron chi connectivity index (χ1n) is 11.3. The molecule has 0 aliphatic carbocycles. The van der Waals surface area contributed by atoms with Crippen LogP contribution in [0.1, 0.15) is 31.1 Å². The van der Waals surface area contributed by atoms with Crippen molar-refractivity contribution in [3.63, 3.8) is 0 Å². The second-order valence-corrected chi connectivity index (χ2v) is 9.45. The zero-order valence-corrected chi connectivity index (χ0v) is 22.1. The van der Waals surface area contributed by atoms with E-state index in [1.807, 2.05) is 0 Å². The fourth-order valence-corrected chi connectivity index (χ4v) is 4.04. The number of rotatable bonds is 8. The number of benzene rings is 3. The van der Waals surface area contributed by atoms with Gasteiger partial charge in [-0.15, -0.1) is 0 Å². The van der Waals surface area contributed by atoms with Gasteiger partial charge in [0.1, 0.15) is 12.7 Å². The highest BCUT2D eigenvalue weighted by atomic mass is 35.5. The molecule has 1 saturated heterocycles. The SMILES string of the molecule is CO[C@@H]1O[C@H](COC(=O)c2ccc(Cl)cc2)C(OC(=O)c2ccc(Cl)cc2)C1OC(=O)c1ccc(Cl)cc1. The van der Waals surface area contributed by atoms with Gasteiger partial charge in [-0.1, -0.05) is 34.8 Å². The maximum Gasteiger partial charge on any atom is 0.338 e. The molecule has 11 heteroatoms. The largest absolute Gasteiger partial charge is 0.459 e. The molecular formula is C27H21Cl3O8. The lowest BCUT2D eigenvalue weighted by Gasteiger charge is -2.24. The van der Waals surface area contributed by atoms with E-state index in [-0.39, 0.29) is 23.3 Å². The molecule has 8 nitrogen and oxygen atoms in total. The summed E-state index contributed by atoms with van der Waals surface area (Å²) in [7, 11) is 1.34. The third-order valence-electron chi connectivity index (χ3n) is 5.60. The smallest absolute Gasteiger partial charge is 0.338 e. The Bertz CT molecular complexity index is 1280. The van der Waals surface area contributed by atoms with E-state index in [1.165, 1.54) is 67.8 Å². The molecule has 1 heterocycles. The molecule has 3 aromatic carbocycles. The highest BCUT2D eigenvalue weighted by molar-refractivity contribution is 6.31. The quantitative estimate of drug-likeness (QED) is 0.250. The third-order valence-corrected chi connectivity index (χ3v) is 6.36. The molecule has 1 aliphatic rings. The van der Waals surface area contributed by atoms with Crippen LogP contribution < -0.4 is 0 Å². The van der Waals surface area contributed by atoms with Gasteiger partial charge >= 0.3 is 17.9 Å². The Hall–Kier alpha value is -3.14. The first kappa shape index (κ1) is 27.9. The summed E-state index contributed by atoms with van der Waals surface area (Å²) in [5.74, 6) is -2.10. The predicted molar refractivity (Wildman–Crippen MR) is 139 cm³/mol. The van der Waals surface area contributed by atoms with Crippen LogP contribution in [-0.4, -0.2) is 56.2 Å². The van der Waals surface area contributed by atoms with E-state index >= 15 is 0 Å². The Kier molecular flexibility index (Phi) is 9.25. The summed E-state index contributed by atoms with van der Waals surface area (Å²) in [4.78, 5) is 38.4. The summed E-state index contributed by atoms with van der Waals surface area (Å²) in [5.41, 5.74) is 0.677. The normalized spacial score (nSPS) is 20.5. The molecule has 0 saturated carbocycles. The zero-order valence-electron chi connectivity index (χ0n) is 19.8. The van der Waals surface area contributed by atoms with E-state index in [0.717, 1.165) is 0 Å². The van der Waals surface area contributed by atoms with Gasteiger partial charge in [0.15, 0.2) is 18.5 Å². The molecule has 0 spiro atoms. The fourth-order valence-electron chi connectivity index (χ4n) is 3.67. The minimum absolute atomic E-state index is 0.204. The fraction of sp³-hybridized carbons (Fsp3) is 0.222. The standard InChI is InChI=1S/C27H21Cl3O8/c1-34-27-23(38-26(33)17-6-12-20(30)13-7-17)22(37-25(32)16-4-10-19(29)11-5-16)21(36-27)14-35-24(31)15-2-8-18(28)9-3-15/h2-13,21-23,27H,14H2,1H3/t21-,22?,23?,27-/m1/s1. The highest BCUT2D eigenvalue weighted by Crippen LogP contribution is 2.30. The van der Waals surface area contributed by atoms with E-state index in [0.29, 0.717) is 15.1 Å². The van der Waals surface area contributed by atoms with Crippen molar-refractivity contribution in [3.8, 4) is 0 Å². The van der Waals surface area contributed by atoms with Crippen molar-refractivity contribution in [2.45, 2.75) is 24.6 Å². The average molecular weight is 580 g/mol. The van der Waals surface area contributed by atoms with Crippen LogP contribution in [0.15, 0.2) is 72.8 Å². The van der Waals surface area contributed by atoms with Crippen LogP contribution in [0.5, 0.6) is 0 Å². The number of ether oxygens (including phenoxy) is 5. The van der Waals surface area contributed by atoms with Crippen molar-refractivity contribution in [2.24, 2.45) is 0 Å². The van der Waals surface area contributed by atoms with Crippen molar-refractivity contribution < 1.29 is 38.1 Å². The van der Waals surface area contributed by atoms with Crippen molar-refractivity contribution in [2.75, 3.05) is 13.7 Å². The molecule has 4 rings (SSSR count). The summed E-state index contributed by atoms with van der Waals surface area (Å²) in [6.07, 6.45) is -4.50. The van der Waals surface area contributed by atoms with E-state index in [1.54, 1.807) is 12.1 Å². The van der Waals surface area contributed by atoms with Crippen LogP contribution in [0.25, 0.3) is 0 Å². The predicted octanol–water partition coefficient (Wildman–Crippen LogP) is 5.63. The summed E-state index contributed by atoms with van der Waals surface area (Å²) in [6.45, 7) is -0.325. The Morgan fingerprint density at radius 1 is 0.658 bits per heavy atom. The topological polar surface area (TPSA) is 97.4 Å². The van der Waals surface area contributed by atoms with Crippen LogP contribution in [0.4, 0.5) is 0 Å². The Morgan fingerprint density at radius 3 is 1.47 bits per heavy atom. The lowest BCUT2D eigenvalue weighted by molar-refractivity contribution is -0.155. The van der Waals surface area contributed by atoms with Crippen molar-refractivity contribution in [1.82, 2.24) is 0 Å². The molecule has 38 heavy (non-hydrogen) atoms. The molecule has 0 aromatic heterocycles. The molecule has 0 bridgehead atoms. The minimum Gasteiger partial charge on any atom is -0.459 e. The molecule has 0 radical (unpaired) electrons. The van der Waals surface area contributed by atoms with Crippen LogP contribution in [-0.2, 0) is 23.7 Å². The molecule has 1 aliphatic heterocycles. The number of hydrogen-bond acceptors (Lipinski definition) is 8. The Labute approximate surface area is 233 Å². The third kappa shape index (κ3) is 6.83. The maximum atomic E-state index is 12.9. The minimum atomic E-state index is -1.18. The Morgan fingerprint density at radius 2 is 1.05 bits per heavy atom. The molecule has 1 fully saturated rings. The van der Waals surface area contributed by atoms with Gasteiger partial charge in [-0.3, -0.25) is 0 Å². The van der Waals surface area contributed by atoms with Gasteiger partial charge in [-0.2, -0.15) is 0 Å². The highest BCUT2D eigenvalue weighted by Gasteiger charge is 2.50. The molecule has 3 aromatic rings. The van der Waals surface area contributed by atoms with Crippen LogP contribution >= 0.6 is 34.8 Å². The van der Waals surface area contributed by atoms with Crippen molar-refractivity contribution in [1.29, 1.82) is 0 Å². The first-order valence-corrected chi connectivity index (χ1v) is 12.4. The summed E-state index contributed by atoms with van der Waals surface area (Å²) in [6, 6.07) is 18.2. The van der Waals surface area contributed by atoms with Crippen LogP contribution in [0.3, 0.4) is 0 Å². The molecule has 0 N–H and O–H groups in total. The monoisotopic (exact) mass is 578 g/mol. The molecular weight excluding hydrogens is 559 g/mol. The summed E-state index contributed by atoms with van der Waals surface area (Å²) in [5, 5.41) is 1.34. The number of halogens is 3. The van der Waals surface area contributed by atoms with Gasteiger partial charge < -0.3 is 23.7 Å². The van der Waals surface area contributed by atoms with E-state index in [2.05, 4.69) is 0 Å². The van der Waals surface area contributed by atoms with Gasteiger partial charge in [-0.25, -0.2) is 14.4 Å². The van der Waals surface area contributed by atoms with Gasteiger partial charge in [0, 0.05) is 22.2 Å². The van der Waals surface area contributed by atoms with Gasteiger partial charge in [0.05, 0.1) is 16.7 Å². The second kappa shape index (κ2) is 12.6. The van der Waals surface area contributed by atoms with Crippen LogP contribution in [0.2, 0.25) is 15.1 Å². The number of esters is 3.